The van der Waals surface area contributed by atoms with Crippen molar-refractivity contribution in [1.29, 1.82) is 0 Å². The van der Waals surface area contributed by atoms with E-state index in [1.165, 1.54) is 19.3 Å². The smallest absolute Gasteiger partial charge is 0.319 e. The Balaban J connectivity index is 1.68. The van der Waals surface area contributed by atoms with Crippen molar-refractivity contribution >= 4 is 23.3 Å². The van der Waals surface area contributed by atoms with Crippen molar-refractivity contribution in [1.82, 2.24) is 10.2 Å². The fourth-order valence-corrected chi connectivity index (χ4v) is 3.62. The maximum absolute atomic E-state index is 12.5. The quantitative estimate of drug-likeness (QED) is 0.831. The zero-order valence-corrected chi connectivity index (χ0v) is 16.5. The van der Waals surface area contributed by atoms with Crippen LogP contribution in [0.15, 0.2) is 18.2 Å². The van der Waals surface area contributed by atoms with E-state index >= 15 is 0 Å². The lowest BCUT2D eigenvalue weighted by atomic mass is 9.96. The second-order valence-electron chi connectivity index (χ2n) is 7.67. The van der Waals surface area contributed by atoms with Crippen molar-refractivity contribution in [3.05, 3.63) is 18.2 Å². The number of urea groups is 1. The van der Waals surface area contributed by atoms with Gasteiger partial charge >= 0.3 is 6.03 Å². The standard InChI is InChI=1S/C20H30N4O3/c1-14-19(25)24(12-11-23(2)3)17-10-9-16(13-18(17)27-14)22-20(26)21-15-7-5-4-6-8-15/h9-10,13-15H,4-8,11-12H2,1-3H3,(H2,21,22,26). The fraction of sp³-hybridized carbons (Fsp3) is 0.600. The molecule has 1 aliphatic heterocycles. The largest absolute Gasteiger partial charge is 0.479 e. The van der Waals surface area contributed by atoms with Crippen molar-refractivity contribution < 1.29 is 14.3 Å². The lowest BCUT2D eigenvalue weighted by Gasteiger charge is -2.34. The number of nitrogens with one attached hydrogen (secondary N) is 2. The maximum Gasteiger partial charge on any atom is 0.319 e. The highest BCUT2D eigenvalue weighted by atomic mass is 16.5. The van der Waals surface area contributed by atoms with Gasteiger partial charge in [-0.25, -0.2) is 4.79 Å². The van der Waals surface area contributed by atoms with E-state index in [0.29, 0.717) is 18.0 Å². The van der Waals surface area contributed by atoms with E-state index < -0.39 is 6.10 Å². The number of benzene rings is 1. The molecule has 1 aromatic rings. The third-order valence-electron chi connectivity index (χ3n) is 5.14. The molecule has 1 saturated carbocycles. The van der Waals surface area contributed by atoms with Crippen molar-refractivity contribution in [2.45, 2.75) is 51.2 Å². The Morgan fingerprint density at radius 2 is 2.00 bits per heavy atom. The molecular formula is C20H30N4O3. The summed E-state index contributed by atoms with van der Waals surface area (Å²) in [5, 5.41) is 5.93. The Labute approximate surface area is 161 Å². The molecule has 1 aliphatic carbocycles. The summed E-state index contributed by atoms with van der Waals surface area (Å²) >= 11 is 0. The molecular weight excluding hydrogens is 344 g/mol. The SMILES string of the molecule is CC1Oc2cc(NC(=O)NC3CCCCC3)ccc2N(CCN(C)C)C1=O. The molecule has 7 heteroatoms. The van der Waals surface area contributed by atoms with Gasteiger partial charge in [-0.15, -0.1) is 0 Å². The summed E-state index contributed by atoms with van der Waals surface area (Å²) in [6.45, 7) is 3.12. The average molecular weight is 374 g/mol. The summed E-state index contributed by atoms with van der Waals surface area (Å²) in [4.78, 5) is 28.6. The van der Waals surface area contributed by atoms with Gasteiger partial charge in [0.2, 0.25) is 0 Å². The number of carbonyl (C=O) groups is 2. The van der Waals surface area contributed by atoms with Gasteiger partial charge in [0.15, 0.2) is 6.10 Å². The first-order valence-corrected chi connectivity index (χ1v) is 9.78. The van der Waals surface area contributed by atoms with E-state index in [1.807, 2.05) is 31.1 Å². The fourth-order valence-electron chi connectivity index (χ4n) is 3.62. The van der Waals surface area contributed by atoms with Crippen molar-refractivity contribution in [2.75, 3.05) is 37.4 Å². The third kappa shape index (κ3) is 4.91. The summed E-state index contributed by atoms with van der Waals surface area (Å²) in [6.07, 6.45) is 5.15. The molecule has 1 unspecified atom stereocenters. The first-order valence-electron chi connectivity index (χ1n) is 9.78. The predicted octanol–water partition coefficient (Wildman–Crippen LogP) is 2.82. The van der Waals surface area contributed by atoms with Gasteiger partial charge in [-0.05, 0) is 46.0 Å². The van der Waals surface area contributed by atoms with Crippen LogP contribution in [0.3, 0.4) is 0 Å². The average Bonchev–Trinajstić information content (AvgIpc) is 2.62. The number of ether oxygens (including phenoxy) is 1. The van der Waals surface area contributed by atoms with E-state index in [-0.39, 0.29) is 18.0 Å². The van der Waals surface area contributed by atoms with Crippen LogP contribution in [0.4, 0.5) is 16.2 Å². The predicted molar refractivity (Wildman–Crippen MR) is 106 cm³/mol. The van der Waals surface area contributed by atoms with Crippen LogP contribution in [0.1, 0.15) is 39.0 Å². The van der Waals surface area contributed by atoms with Crippen LogP contribution in [-0.4, -0.2) is 56.2 Å². The minimum atomic E-state index is -0.536. The summed E-state index contributed by atoms with van der Waals surface area (Å²) in [5.41, 5.74) is 1.41. The molecule has 2 aliphatic rings. The Hall–Kier alpha value is -2.28. The number of anilines is 2. The molecule has 148 valence electrons. The van der Waals surface area contributed by atoms with E-state index in [4.69, 9.17) is 4.74 Å². The van der Waals surface area contributed by atoms with Crippen LogP contribution in [0.5, 0.6) is 5.75 Å². The number of nitrogens with zero attached hydrogens (tertiary/aromatic N) is 2. The van der Waals surface area contributed by atoms with Crippen molar-refractivity contribution in [3.8, 4) is 5.75 Å². The summed E-state index contributed by atoms with van der Waals surface area (Å²) < 4.78 is 5.78. The van der Waals surface area contributed by atoms with Crippen LogP contribution < -0.4 is 20.3 Å². The molecule has 27 heavy (non-hydrogen) atoms. The van der Waals surface area contributed by atoms with Gasteiger partial charge in [0, 0.05) is 30.9 Å². The monoisotopic (exact) mass is 374 g/mol. The lowest BCUT2D eigenvalue weighted by molar-refractivity contribution is -0.125. The van der Waals surface area contributed by atoms with Gasteiger partial charge in [-0.1, -0.05) is 19.3 Å². The third-order valence-corrected chi connectivity index (χ3v) is 5.14. The lowest BCUT2D eigenvalue weighted by Crippen LogP contribution is -2.46. The van der Waals surface area contributed by atoms with Gasteiger partial charge in [0.05, 0.1) is 5.69 Å². The molecule has 1 heterocycles. The van der Waals surface area contributed by atoms with Gasteiger partial charge in [0.25, 0.3) is 5.91 Å². The summed E-state index contributed by atoms with van der Waals surface area (Å²) in [5.74, 6) is 0.580. The Morgan fingerprint density at radius 3 is 2.70 bits per heavy atom. The number of fused-ring (bicyclic) bond motifs is 1. The van der Waals surface area contributed by atoms with Crippen molar-refractivity contribution in [2.24, 2.45) is 0 Å². The molecule has 3 amide bonds. The summed E-state index contributed by atoms with van der Waals surface area (Å²) in [6, 6.07) is 5.51. The second kappa shape index (κ2) is 8.61. The minimum Gasteiger partial charge on any atom is -0.479 e. The van der Waals surface area contributed by atoms with Gasteiger partial charge in [-0.3, -0.25) is 4.79 Å². The number of hydrogen-bond donors (Lipinski definition) is 2. The van der Waals surface area contributed by atoms with E-state index in [1.54, 1.807) is 17.9 Å². The van der Waals surface area contributed by atoms with Crippen LogP contribution in [-0.2, 0) is 4.79 Å². The highest BCUT2D eigenvalue weighted by molar-refractivity contribution is 6.00. The Morgan fingerprint density at radius 1 is 1.26 bits per heavy atom. The van der Waals surface area contributed by atoms with Crippen LogP contribution in [0, 0.1) is 0 Å². The normalized spacial score (nSPS) is 20.2. The van der Waals surface area contributed by atoms with Gasteiger partial charge in [0.1, 0.15) is 5.75 Å². The maximum atomic E-state index is 12.5. The highest BCUT2D eigenvalue weighted by Crippen LogP contribution is 2.36. The summed E-state index contributed by atoms with van der Waals surface area (Å²) in [7, 11) is 3.96. The minimum absolute atomic E-state index is 0.0416. The molecule has 1 aromatic carbocycles. The second-order valence-corrected chi connectivity index (χ2v) is 7.67. The molecule has 2 N–H and O–H groups in total. The molecule has 0 aromatic heterocycles. The number of amides is 3. The zero-order chi connectivity index (χ0) is 19.4. The van der Waals surface area contributed by atoms with Crippen LogP contribution in [0.25, 0.3) is 0 Å². The molecule has 3 rings (SSSR count). The topological polar surface area (TPSA) is 73.9 Å². The van der Waals surface area contributed by atoms with Crippen molar-refractivity contribution in [3.63, 3.8) is 0 Å². The number of carbonyl (C=O) groups excluding carboxylic acids is 2. The van der Waals surface area contributed by atoms with Crippen LogP contribution >= 0.6 is 0 Å². The Bertz CT molecular complexity index is 686. The number of rotatable bonds is 5. The van der Waals surface area contributed by atoms with Crippen LogP contribution in [0.2, 0.25) is 0 Å². The molecule has 1 atom stereocenters. The highest BCUT2D eigenvalue weighted by Gasteiger charge is 2.31. The van der Waals surface area contributed by atoms with E-state index in [2.05, 4.69) is 10.6 Å². The first-order chi connectivity index (χ1) is 12.9. The molecule has 0 saturated heterocycles. The van der Waals surface area contributed by atoms with E-state index in [0.717, 1.165) is 25.1 Å². The zero-order valence-electron chi connectivity index (χ0n) is 16.5. The molecule has 0 radical (unpaired) electrons. The molecule has 7 nitrogen and oxygen atoms in total. The molecule has 1 fully saturated rings. The van der Waals surface area contributed by atoms with E-state index in [9.17, 15) is 9.59 Å². The molecule has 0 spiro atoms. The molecule has 0 bridgehead atoms. The van der Waals surface area contributed by atoms with Gasteiger partial charge < -0.3 is 25.2 Å². The first kappa shape index (κ1) is 19.5. The number of hydrogen-bond acceptors (Lipinski definition) is 4. The van der Waals surface area contributed by atoms with Gasteiger partial charge in [-0.2, -0.15) is 0 Å². The Kier molecular flexibility index (Phi) is 6.21. The number of likely N-dealkylation sites (N-methyl/N-ethyl adjacent to an activating group) is 1.